The molecule has 3 heterocycles. The maximum absolute atomic E-state index is 13.8. The van der Waals surface area contributed by atoms with Crippen LogP contribution >= 0.6 is 23.1 Å². The number of rotatable bonds is 7. The van der Waals surface area contributed by atoms with Crippen LogP contribution in [0.4, 0.5) is 5.13 Å². The molecule has 1 fully saturated rings. The standard InChI is InChI=1S/C26H26N4O3S3/c1-34-23-10-4-5-11-24(23)36(32,33)29-15-12-20(13-16-29)25(31)30(18-19-7-6-14-27-17-19)26-28-21-8-2-3-9-22(21)35-26/h2-11,14,17,20H,12-13,15-16,18H2,1H3. The lowest BCUT2D eigenvalue weighted by Crippen LogP contribution is -2.44. The minimum absolute atomic E-state index is 0.0283. The largest absolute Gasteiger partial charge is 0.283 e. The van der Waals surface area contributed by atoms with Crippen LogP contribution in [0.2, 0.25) is 0 Å². The molecule has 2 aromatic carbocycles. The fourth-order valence-electron chi connectivity index (χ4n) is 4.42. The fourth-order valence-corrected chi connectivity index (χ4v) is 7.99. The number of amides is 1. The van der Waals surface area contributed by atoms with Crippen LogP contribution in [0.3, 0.4) is 0 Å². The molecule has 10 heteroatoms. The van der Waals surface area contributed by atoms with E-state index in [1.54, 1.807) is 29.4 Å². The molecule has 0 N–H and O–H groups in total. The summed E-state index contributed by atoms with van der Waals surface area (Å²) in [5.41, 5.74) is 1.77. The summed E-state index contributed by atoms with van der Waals surface area (Å²) < 4.78 is 29.2. The second-order valence-corrected chi connectivity index (χ2v) is 12.3. The van der Waals surface area contributed by atoms with Crippen LogP contribution in [0.5, 0.6) is 0 Å². The summed E-state index contributed by atoms with van der Waals surface area (Å²) in [5, 5.41) is 0.647. The Bertz CT molecular complexity index is 1430. The number of piperidine rings is 1. The molecule has 1 aliphatic heterocycles. The van der Waals surface area contributed by atoms with E-state index in [2.05, 4.69) is 4.98 Å². The van der Waals surface area contributed by atoms with Crippen molar-refractivity contribution in [3.05, 3.63) is 78.6 Å². The van der Waals surface area contributed by atoms with Crippen molar-refractivity contribution < 1.29 is 13.2 Å². The molecule has 36 heavy (non-hydrogen) atoms. The van der Waals surface area contributed by atoms with Crippen molar-refractivity contribution in [2.45, 2.75) is 29.2 Å². The predicted molar refractivity (Wildman–Crippen MR) is 145 cm³/mol. The number of thioether (sulfide) groups is 1. The number of carbonyl (C=O) groups is 1. The number of pyridine rings is 1. The number of benzene rings is 2. The van der Waals surface area contributed by atoms with Crippen molar-refractivity contribution in [1.82, 2.24) is 14.3 Å². The predicted octanol–water partition coefficient (Wildman–Crippen LogP) is 5.05. The summed E-state index contributed by atoms with van der Waals surface area (Å²) in [6.45, 7) is 0.982. The third-order valence-electron chi connectivity index (χ3n) is 6.33. The zero-order valence-corrected chi connectivity index (χ0v) is 22.2. The molecule has 1 aliphatic rings. The van der Waals surface area contributed by atoms with Gasteiger partial charge < -0.3 is 0 Å². The summed E-state index contributed by atoms with van der Waals surface area (Å²) in [4.78, 5) is 25.5. The maximum Gasteiger partial charge on any atom is 0.244 e. The smallest absolute Gasteiger partial charge is 0.244 e. The first kappa shape index (κ1) is 24.9. The Morgan fingerprint density at radius 3 is 2.56 bits per heavy atom. The van der Waals surface area contributed by atoms with Crippen molar-refractivity contribution in [1.29, 1.82) is 0 Å². The average Bonchev–Trinajstić information content (AvgIpc) is 3.36. The number of hydrogen-bond donors (Lipinski definition) is 0. The van der Waals surface area contributed by atoms with E-state index in [9.17, 15) is 13.2 Å². The Balaban J connectivity index is 1.36. The van der Waals surface area contributed by atoms with Crippen molar-refractivity contribution >= 4 is 54.4 Å². The number of carbonyl (C=O) groups excluding carboxylic acids is 1. The van der Waals surface area contributed by atoms with Gasteiger partial charge in [-0.1, -0.05) is 41.7 Å². The molecule has 2 aromatic heterocycles. The molecule has 7 nitrogen and oxygen atoms in total. The summed E-state index contributed by atoms with van der Waals surface area (Å²) in [6.07, 6.45) is 6.27. The monoisotopic (exact) mass is 538 g/mol. The van der Waals surface area contributed by atoms with E-state index in [0.717, 1.165) is 20.7 Å². The van der Waals surface area contributed by atoms with Gasteiger partial charge in [0.15, 0.2) is 5.13 Å². The van der Waals surface area contributed by atoms with Gasteiger partial charge in [-0.2, -0.15) is 4.31 Å². The van der Waals surface area contributed by atoms with Crippen LogP contribution in [0.15, 0.2) is 82.8 Å². The third kappa shape index (κ3) is 5.04. The van der Waals surface area contributed by atoms with Crippen LogP contribution in [0.25, 0.3) is 10.2 Å². The first-order valence-corrected chi connectivity index (χ1v) is 15.1. The summed E-state index contributed by atoms with van der Waals surface area (Å²) in [7, 11) is -3.62. The van der Waals surface area contributed by atoms with Gasteiger partial charge in [-0.25, -0.2) is 13.4 Å². The summed E-state index contributed by atoms with van der Waals surface area (Å²) >= 11 is 2.91. The Morgan fingerprint density at radius 1 is 1.08 bits per heavy atom. The summed E-state index contributed by atoms with van der Waals surface area (Å²) in [6, 6.07) is 18.7. The Hall–Kier alpha value is -2.79. The molecule has 0 atom stereocenters. The van der Waals surface area contributed by atoms with Gasteiger partial charge in [-0.15, -0.1) is 11.8 Å². The van der Waals surface area contributed by atoms with Gasteiger partial charge in [-0.3, -0.25) is 14.7 Å². The number of hydrogen-bond acceptors (Lipinski definition) is 7. The second-order valence-electron chi connectivity index (χ2n) is 8.58. The van der Waals surface area contributed by atoms with E-state index < -0.39 is 10.0 Å². The number of para-hydroxylation sites is 1. The molecule has 186 valence electrons. The van der Waals surface area contributed by atoms with E-state index in [0.29, 0.717) is 42.5 Å². The fraction of sp³-hybridized carbons (Fsp3) is 0.269. The minimum atomic E-state index is -3.62. The van der Waals surface area contributed by atoms with E-state index in [4.69, 9.17) is 4.98 Å². The van der Waals surface area contributed by atoms with Crippen LogP contribution in [-0.4, -0.2) is 47.9 Å². The highest BCUT2D eigenvalue weighted by Crippen LogP contribution is 2.34. The molecule has 0 aliphatic carbocycles. The highest BCUT2D eigenvalue weighted by molar-refractivity contribution is 7.99. The number of nitrogens with zero attached hydrogens (tertiary/aromatic N) is 4. The van der Waals surface area contributed by atoms with Gasteiger partial charge in [0.05, 0.1) is 21.7 Å². The molecule has 0 saturated carbocycles. The average molecular weight is 539 g/mol. The molecule has 5 rings (SSSR count). The zero-order valence-electron chi connectivity index (χ0n) is 19.8. The van der Waals surface area contributed by atoms with E-state index in [-0.39, 0.29) is 11.8 Å². The van der Waals surface area contributed by atoms with E-state index in [1.807, 2.05) is 54.8 Å². The van der Waals surface area contributed by atoms with Crippen molar-refractivity contribution in [3.63, 3.8) is 0 Å². The lowest BCUT2D eigenvalue weighted by Gasteiger charge is -2.33. The Morgan fingerprint density at radius 2 is 1.83 bits per heavy atom. The van der Waals surface area contributed by atoms with Crippen molar-refractivity contribution in [2.24, 2.45) is 5.92 Å². The quantitative estimate of drug-likeness (QED) is 0.306. The molecule has 1 amide bonds. The van der Waals surface area contributed by atoms with Gasteiger partial charge in [-0.05, 0) is 55.0 Å². The molecular formula is C26H26N4O3S3. The summed E-state index contributed by atoms with van der Waals surface area (Å²) in [5.74, 6) is -0.310. The molecule has 0 radical (unpaired) electrons. The number of sulfonamides is 1. The normalized spacial score (nSPS) is 15.2. The maximum atomic E-state index is 13.8. The van der Waals surface area contributed by atoms with Gasteiger partial charge in [0, 0.05) is 36.3 Å². The molecular weight excluding hydrogens is 513 g/mol. The highest BCUT2D eigenvalue weighted by Gasteiger charge is 2.35. The third-order valence-corrected chi connectivity index (χ3v) is 10.3. The van der Waals surface area contributed by atoms with Gasteiger partial charge in [0.25, 0.3) is 0 Å². The van der Waals surface area contributed by atoms with Crippen molar-refractivity contribution in [2.75, 3.05) is 24.2 Å². The number of thiazole rings is 1. The Kier molecular flexibility index (Phi) is 7.38. The molecule has 1 saturated heterocycles. The zero-order chi connectivity index (χ0) is 25.1. The lowest BCUT2D eigenvalue weighted by molar-refractivity contribution is -0.123. The molecule has 0 spiro atoms. The van der Waals surface area contributed by atoms with Gasteiger partial charge in [0.1, 0.15) is 0 Å². The van der Waals surface area contributed by atoms with Crippen LogP contribution in [0.1, 0.15) is 18.4 Å². The van der Waals surface area contributed by atoms with Crippen LogP contribution < -0.4 is 4.90 Å². The number of aromatic nitrogens is 2. The van der Waals surface area contributed by atoms with E-state index in [1.165, 1.54) is 27.4 Å². The van der Waals surface area contributed by atoms with Crippen LogP contribution in [-0.2, 0) is 21.4 Å². The van der Waals surface area contributed by atoms with Crippen LogP contribution in [0, 0.1) is 5.92 Å². The SMILES string of the molecule is CSc1ccccc1S(=O)(=O)N1CCC(C(=O)N(Cc2cccnc2)c2nc3ccccc3s2)CC1. The molecule has 0 bridgehead atoms. The minimum Gasteiger partial charge on any atom is -0.283 e. The molecule has 4 aromatic rings. The first-order chi connectivity index (χ1) is 17.5. The van der Waals surface area contributed by atoms with E-state index >= 15 is 0 Å². The second kappa shape index (κ2) is 10.7. The molecule has 0 unspecified atom stereocenters. The first-order valence-electron chi connectivity index (χ1n) is 11.7. The topological polar surface area (TPSA) is 83.5 Å². The Labute approximate surface area is 219 Å². The highest BCUT2D eigenvalue weighted by atomic mass is 32.2. The van der Waals surface area contributed by atoms with Crippen molar-refractivity contribution in [3.8, 4) is 0 Å². The van der Waals surface area contributed by atoms with Gasteiger partial charge in [0.2, 0.25) is 15.9 Å². The van der Waals surface area contributed by atoms with Gasteiger partial charge >= 0.3 is 0 Å². The number of fused-ring (bicyclic) bond motifs is 1. The number of anilines is 1. The lowest BCUT2D eigenvalue weighted by atomic mass is 9.96.